The molecule has 40 valence electrons. The van der Waals surface area contributed by atoms with Gasteiger partial charge in [0.25, 0.3) is 0 Å². The smallest absolute Gasteiger partial charge is 0.0652 e. The van der Waals surface area contributed by atoms with Gasteiger partial charge < -0.3 is 5.32 Å². The van der Waals surface area contributed by atoms with E-state index < -0.39 is 0 Å². The van der Waals surface area contributed by atoms with Crippen molar-refractivity contribution >= 4 is 0 Å². The van der Waals surface area contributed by atoms with Crippen molar-refractivity contribution in [2.45, 2.75) is 13.0 Å². The Labute approximate surface area is 43.6 Å². The molecule has 1 aliphatic heterocycles. The number of hydrogen-bond donors (Lipinski definition) is 2. The maximum absolute atomic E-state index is 3.18. The van der Waals surface area contributed by atoms with Crippen LogP contribution in [0.3, 0.4) is 0 Å². The zero-order chi connectivity index (χ0) is 5.11. The summed E-state index contributed by atoms with van der Waals surface area (Å²) in [4.78, 5) is 0. The van der Waals surface area contributed by atoms with Crippen LogP contribution in [0.4, 0.5) is 0 Å². The molecule has 7 heavy (non-hydrogen) atoms. The third-order valence-corrected chi connectivity index (χ3v) is 1.03. The van der Waals surface area contributed by atoms with Crippen LogP contribution < -0.4 is 10.6 Å². The van der Waals surface area contributed by atoms with E-state index in [4.69, 9.17) is 0 Å². The summed E-state index contributed by atoms with van der Waals surface area (Å²) in [6, 6.07) is 0.543. The molecule has 0 amide bonds. The van der Waals surface area contributed by atoms with Crippen molar-refractivity contribution in [2.24, 2.45) is 0 Å². The second-order valence-electron chi connectivity index (χ2n) is 1.73. The monoisotopic (exact) mass is 98.1 g/mol. The molecule has 0 saturated carbocycles. The largest absolute Gasteiger partial charge is 0.379 e. The Bertz CT molecular complexity index is 78.1. The fourth-order valence-corrected chi connectivity index (χ4v) is 0.559. The van der Waals surface area contributed by atoms with Crippen molar-refractivity contribution in [3.05, 3.63) is 12.3 Å². The Balaban J connectivity index is 2.36. The van der Waals surface area contributed by atoms with Crippen LogP contribution in [-0.4, -0.2) is 12.7 Å². The van der Waals surface area contributed by atoms with E-state index in [9.17, 15) is 0 Å². The zero-order valence-corrected chi connectivity index (χ0v) is 4.44. The van der Waals surface area contributed by atoms with Gasteiger partial charge in [-0.05, 0) is 13.1 Å². The van der Waals surface area contributed by atoms with E-state index in [2.05, 4.69) is 23.6 Å². The molecule has 1 atom stereocenters. The fraction of sp³-hybridized carbons (Fsp3) is 0.600. The van der Waals surface area contributed by atoms with E-state index >= 15 is 0 Å². The van der Waals surface area contributed by atoms with Crippen LogP contribution in [0.25, 0.3) is 0 Å². The lowest BCUT2D eigenvalue weighted by Gasteiger charge is -2.13. The summed E-state index contributed by atoms with van der Waals surface area (Å²) in [5.74, 6) is 0. The molecular formula is C5H10N2. The first-order valence-electron chi connectivity index (χ1n) is 2.53. The van der Waals surface area contributed by atoms with Crippen molar-refractivity contribution in [1.29, 1.82) is 0 Å². The summed E-state index contributed by atoms with van der Waals surface area (Å²) in [5.41, 5.74) is 0. The quantitative estimate of drug-likeness (QED) is 0.447. The fourth-order valence-electron chi connectivity index (χ4n) is 0.559. The van der Waals surface area contributed by atoms with Crippen LogP contribution in [-0.2, 0) is 0 Å². The molecule has 0 bridgehead atoms. The zero-order valence-electron chi connectivity index (χ0n) is 4.44. The lowest BCUT2D eigenvalue weighted by atomic mass is 10.3. The van der Waals surface area contributed by atoms with Gasteiger partial charge in [0.15, 0.2) is 0 Å². The van der Waals surface area contributed by atoms with Gasteiger partial charge in [-0.1, -0.05) is 6.08 Å². The van der Waals surface area contributed by atoms with Gasteiger partial charge in [0, 0.05) is 6.04 Å². The molecule has 0 aromatic carbocycles. The standard InChI is InChI=1S/C5H10N2/c1-5-2-3-6-4-7-5/h2-3,5-7H,4H2,1H3/t5-/m0/s1. The summed E-state index contributed by atoms with van der Waals surface area (Å²) >= 11 is 0. The molecule has 0 aromatic rings. The second kappa shape index (κ2) is 1.98. The van der Waals surface area contributed by atoms with E-state index in [1.165, 1.54) is 0 Å². The highest BCUT2D eigenvalue weighted by Crippen LogP contribution is 1.84. The van der Waals surface area contributed by atoms with E-state index in [1.54, 1.807) is 0 Å². The first-order valence-corrected chi connectivity index (χ1v) is 2.53. The molecule has 0 aliphatic carbocycles. The molecule has 2 N–H and O–H groups in total. The Morgan fingerprint density at radius 1 is 1.71 bits per heavy atom. The maximum Gasteiger partial charge on any atom is 0.0652 e. The molecule has 0 unspecified atom stereocenters. The molecule has 2 heteroatoms. The predicted octanol–water partition coefficient (Wildman–Crippen LogP) is 0.0389. The molecule has 1 heterocycles. The number of rotatable bonds is 0. The Kier molecular flexibility index (Phi) is 1.32. The minimum Gasteiger partial charge on any atom is -0.379 e. The normalized spacial score (nSPS) is 29.6. The molecule has 0 spiro atoms. The van der Waals surface area contributed by atoms with Crippen LogP contribution in [0, 0.1) is 0 Å². The molecule has 1 aliphatic rings. The second-order valence-corrected chi connectivity index (χ2v) is 1.73. The average molecular weight is 98.1 g/mol. The molecular weight excluding hydrogens is 88.1 g/mol. The SMILES string of the molecule is C[C@H]1C=CNCN1. The van der Waals surface area contributed by atoms with Crippen LogP contribution in [0.1, 0.15) is 6.92 Å². The lowest BCUT2D eigenvalue weighted by Crippen LogP contribution is -2.35. The lowest BCUT2D eigenvalue weighted by molar-refractivity contribution is 0.574. The molecule has 0 radical (unpaired) electrons. The highest BCUT2D eigenvalue weighted by Gasteiger charge is 1.95. The van der Waals surface area contributed by atoms with Crippen molar-refractivity contribution < 1.29 is 0 Å². The van der Waals surface area contributed by atoms with E-state index in [0.29, 0.717) is 6.04 Å². The minimum absolute atomic E-state index is 0.543. The Hall–Kier alpha value is -0.500. The third kappa shape index (κ3) is 1.20. The highest BCUT2D eigenvalue weighted by molar-refractivity contribution is 4.92. The van der Waals surface area contributed by atoms with Gasteiger partial charge in [0.1, 0.15) is 0 Å². The van der Waals surface area contributed by atoms with Gasteiger partial charge >= 0.3 is 0 Å². The highest BCUT2D eigenvalue weighted by atomic mass is 15.1. The summed E-state index contributed by atoms with van der Waals surface area (Å²) in [7, 11) is 0. The van der Waals surface area contributed by atoms with Crippen LogP contribution in [0.15, 0.2) is 12.3 Å². The minimum atomic E-state index is 0.543. The summed E-state index contributed by atoms with van der Waals surface area (Å²) < 4.78 is 0. The molecule has 0 saturated heterocycles. The van der Waals surface area contributed by atoms with Gasteiger partial charge in [-0.15, -0.1) is 0 Å². The summed E-state index contributed by atoms with van der Waals surface area (Å²) in [6.45, 7) is 3.02. The van der Waals surface area contributed by atoms with Gasteiger partial charge in [-0.25, -0.2) is 0 Å². The van der Waals surface area contributed by atoms with E-state index in [1.807, 2.05) is 6.20 Å². The number of hydrogen-bond acceptors (Lipinski definition) is 2. The Morgan fingerprint density at radius 2 is 2.57 bits per heavy atom. The number of nitrogens with one attached hydrogen (secondary N) is 2. The van der Waals surface area contributed by atoms with Crippen molar-refractivity contribution in [2.75, 3.05) is 6.67 Å². The summed E-state index contributed by atoms with van der Waals surface area (Å²) in [5, 5.41) is 6.21. The molecule has 0 aromatic heterocycles. The topological polar surface area (TPSA) is 24.1 Å². The van der Waals surface area contributed by atoms with E-state index in [-0.39, 0.29) is 0 Å². The first-order chi connectivity index (χ1) is 3.39. The van der Waals surface area contributed by atoms with Gasteiger partial charge in [0.2, 0.25) is 0 Å². The van der Waals surface area contributed by atoms with Gasteiger partial charge in [-0.2, -0.15) is 0 Å². The van der Waals surface area contributed by atoms with E-state index in [0.717, 1.165) is 6.67 Å². The first kappa shape index (κ1) is 4.65. The predicted molar refractivity (Wildman–Crippen MR) is 29.7 cm³/mol. The van der Waals surface area contributed by atoms with Gasteiger partial charge in [-0.3, -0.25) is 5.32 Å². The van der Waals surface area contributed by atoms with Crippen LogP contribution >= 0.6 is 0 Å². The maximum atomic E-state index is 3.18. The molecule has 0 fully saturated rings. The van der Waals surface area contributed by atoms with Crippen molar-refractivity contribution in [3.8, 4) is 0 Å². The Morgan fingerprint density at radius 3 is 2.86 bits per heavy atom. The summed E-state index contributed by atoms with van der Waals surface area (Å²) in [6.07, 6.45) is 4.06. The average Bonchev–Trinajstić information content (AvgIpc) is 1.69. The third-order valence-electron chi connectivity index (χ3n) is 1.03. The van der Waals surface area contributed by atoms with Crippen molar-refractivity contribution in [1.82, 2.24) is 10.6 Å². The molecule has 1 rings (SSSR count). The van der Waals surface area contributed by atoms with Gasteiger partial charge in [0.05, 0.1) is 6.67 Å². The van der Waals surface area contributed by atoms with Crippen molar-refractivity contribution in [3.63, 3.8) is 0 Å². The van der Waals surface area contributed by atoms with Crippen LogP contribution in [0.2, 0.25) is 0 Å². The molecule has 2 nitrogen and oxygen atoms in total. The van der Waals surface area contributed by atoms with Crippen LogP contribution in [0.5, 0.6) is 0 Å².